The van der Waals surface area contributed by atoms with Gasteiger partial charge in [-0.2, -0.15) is 0 Å². The summed E-state index contributed by atoms with van der Waals surface area (Å²) in [6.07, 6.45) is 0. The van der Waals surface area contributed by atoms with Crippen molar-refractivity contribution >= 4 is 43.6 Å². The Morgan fingerprint density at radius 2 is 1.45 bits per heavy atom. The summed E-state index contributed by atoms with van der Waals surface area (Å²) in [7, 11) is 0. The van der Waals surface area contributed by atoms with Gasteiger partial charge >= 0.3 is 6.03 Å². The molecule has 0 radical (unpaired) electrons. The van der Waals surface area contributed by atoms with E-state index >= 15 is 0 Å². The van der Waals surface area contributed by atoms with Gasteiger partial charge in [0, 0.05) is 26.6 Å². The average molecular weight is 544 g/mol. The molecule has 3 aromatic rings. The lowest BCUT2D eigenvalue weighted by atomic mass is 9.88. The summed E-state index contributed by atoms with van der Waals surface area (Å²) >= 11 is 7.11. The molecule has 160 valence electrons. The molecule has 2 amide bonds. The van der Waals surface area contributed by atoms with Gasteiger partial charge in [0.25, 0.3) is 0 Å². The molecule has 6 heteroatoms. The summed E-state index contributed by atoms with van der Waals surface area (Å²) < 4.78 is 0.928. The van der Waals surface area contributed by atoms with Gasteiger partial charge < -0.3 is 5.11 Å². The van der Waals surface area contributed by atoms with Crippen molar-refractivity contribution in [2.24, 2.45) is 0 Å². The van der Waals surface area contributed by atoms with Crippen molar-refractivity contribution in [3.05, 3.63) is 101 Å². The molecule has 4 nitrogen and oxygen atoms in total. The maximum Gasteiger partial charge on any atom is 0.328 e. The first-order valence-electron chi connectivity index (χ1n) is 10.2. The maximum absolute atomic E-state index is 14.0. The molecule has 1 heterocycles. The second-order valence-electron chi connectivity index (χ2n) is 7.82. The number of carbonyl (C=O) groups excluding carboxylic acids is 1. The Bertz CT molecular complexity index is 1040. The molecule has 3 unspecified atom stereocenters. The summed E-state index contributed by atoms with van der Waals surface area (Å²) in [5, 5.41) is 12.4. The normalized spacial score (nSPS) is 23.1. The van der Waals surface area contributed by atoms with Gasteiger partial charge in [-0.25, -0.2) is 4.79 Å². The number of benzene rings is 3. The minimum atomic E-state index is -1.56. The van der Waals surface area contributed by atoms with E-state index in [0.717, 1.165) is 15.7 Å². The van der Waals surface area contributed by atoms with Crippen LogP contribution < -0.4 is 4.90 Å². The highest BCUT2D eigenvalue weighted by atomic mass is 79.9. The molecular weight excluding hydrogens is 520 g/mol. The second kappa shape index (κ2) is 8.77. The summed E-state index contributed by atoms with van der Waals surface area (Å²) in [5.74, 6) is 0. The Kier molecular flexibility index (Phi) is 6.24. The van der Waals surface area contributed by atoms with E-state index < -0.39 is 11.8 Å². The quantitative estimate of drug-likeness (QED) is 0.376. The fraction of sp³-hybridized carbons (Fsp3) is 0.240. The third-order valence-corrected chi connectivity index (χ3v) is 7.20. The molecule has 1 aliphatic heterocycles. The summed E-state index contributed by atoms with van der Waals surface area (Å²) in [5.41, 5.74) is 0.709. The number of urea groups is 1. The zero-order chi connectivity index (χ0) is 22.2. The van der Waals surface area contributed by atoms with Crippen LogP contribution in [0.2, 0.25) is 0 Å². The van der Waals surface area contributed by atoms with Crippen LogP contribution in [0.1, 0.15) is 31.0 Å². The molecule has 1 saturated heterocycles. The van der Waals surface area contributed by atoms with E-state index in [-0.39, 0.29) is 16.9 Å². The minimum absolute atomic E-state index is 0.0204. The Morgan fingerprint density at radius 3 is 2.00 bits per heavy atom. The number of anilines is 1. The Hall–Kier alpha value is -2.15. The van der Waals surface area contributed by atoms with Crippen molar-refractivity contribution in [3.8, 4) is 0 Å². The van der Waals surface area contributed by atoms with Crippen LogP contribution in [-0.4, -0.2) is 26.9 Å². The van der Waals surface area contributed by atoms with Crippen molar-refractivity contribution in [2.45, 2.75) is 36.5 Å². The van der Waals surface area contributed by atoms with Gasteiger partial charge in [-0.3, -0.25) is 9.80 Å². The zero-order valence-corrected chi connectivity index (χ0v) is 20.5. The van der Waals surface area contributed by atoms with Gasteiger partial charge in [-0.15, -0.1) is 0 Å². The molecule has 4 rings (SSSR count). The van der Waals surface area contributed by atoms with E-state index in [0.29, 0.717) is 5.56 Å². The van der Waals surface area contributed by atoms with E-state index in [9.17, 15) is 9.90 Å². The average Bonchev–Trinajstić information content (AvgIpc) is 3.02. The van der Waals surface area contributed by atoms with Crippen LogP contribution in [0.5, 0.6) is 0 Å². The van der Waals surface area contributed by atoms with Crippen LogP contribution in [0, 0.1) is 0 Å². The number of rotatable bonds is 5. The zero-order valence-electron chi connectivity index (χ0n) is 17.3. The molecule has 1 fully saturated rings. The summed E-state index contributed by atoms with van der Waals surface area (Å²) in [6, 6.07) is 25.7. The number of aliphatic hydroxyl groups is 1. The van der Waals surface area contributed by atoms with E-state index in [1.54, 1.807) is 9.80 Å². The van der Waals surface area contributed by atoms with Crippen molar-refractivity contribution in [1.29, 1.82) is 0 Å². The lowest BCUT2D eigenvalue weighted by Crippen LogP contribution is -2.52. The molecule has 1 aliphatic rings. The number of hydrogen-bond acceptors (Lipinski definition) is 2. The van der Waals surface area contributed by atoms with E-state index in [4.69, 9.17) is 0 Å². The smallest absolute Gasteiger partial charge is 0.328 e. The van der Waals surface area contributed by atoms with Crippen LogP contribution in [0.25, 0.3) is 0 Å². The highest BCUT2D eigenvalue weighted by Crippen LogP contribution is 2.51. The summed E-state index contributed by atoms with van der Waals surface area (Å²) in [6.45, 7) is 3.95. The maximum atomic E-state index is 14.0. The van der Waals surface area contributed by atoms with Gasteiger partial charge in [-0.1, -0.05) is 99.4 Å². The topological polar surface area (TPSA) is 43.8 Å². The van der Waals surface area contributed by atoms with E-state index in [1.165, 1.54) is 0 Å². The number of hydrogen-bond donors (Lipinski definition) is 1. The molecule has 0 spiro atoms. The van der Waals surface area contributed by atoms with E-state index in [1.807, 2.05) is 98.8 Å². The van der Waals surface area contributed by atoms with Crippen LogP contribution in [0.4, 0.5) is 10.5 Å². The van der Waals surface area contributed by atoms with E-state index in [2.05, 4.69) is 31.9 Å². The predicted molar refractivity (Wildman–Crippen MR) is 131 cm³/mol. The highest BCUT2D eigenvalue weighted by Gasteiger charge is 2.60. The number of amides is 2. The Balaban J connectivity index is 1.99. The fourth-order valence-corrected chi connectivity index (χ4v) is 4.73. The van der Waals surface area contributed by atoms with Crippen molar-refractivity contribution in [3.63, 3.8) is 0 Å². The molecule has 0 aromatic heterocycles. The van der Waals surface area contributed by atoms with Crippen molar-refractivity contribution in [1.82, 2.24) is 4.90 Å². The molecule has 4 atom stereocenters. The second-order valence-corrected chi connectivity index (χ2v) is 10.2. The first-order chi connectivity index (χ1) is 14.9. The van der Waals surface area contributed by atoms with Gasteiger partial charge in [0.2, 0.25) is 0 Å². The SMILES string of the molecule is CC([C@@H](C)Br)N1C(=O)N(c2ccc(Br)cc2)C(c2ccccc2)C1(O)c1ccccc1. The molecule has 31 heavy (non-hydrogen) atoms. The van der Waals surface area contributed by atoms with Gasteiger partial charge in [0.1, 0.15) is 6.04 Å². The van der Waals surface area contributed by atoms with Crippen LogP contribution in [-0.2, 0) is 5.72 Å². The molecule has 0 bridgehead atoms. The molecular formula is C25H24Br2N2O2. The molecule has 1 N–H and O–H groups in total. The monoisotopic (exact) mass is 542 g/mol. The van der Waals surface area contributed by atoms with Crippen molar-refractivity contribution < 1.29 is 9.90 Å². The molecule has 0 saturated carbocycles. The predicted octanol–water partition coefficient (Wildman–Crippen LogP) is 6.45. The van der Waals surface area contributed by atoms with Gasteiger partial charge in [0.15, 0.2) is 5.72 Å². The van der Waals surface area contributed by atoms with Crippen LogP contribution in [0.3, 0.4) is 0 Å². The fourth-order valence-electron chi connectivity index (χ4n) is 4.23. The van der Waals surface area contributed by atoms with Crippen molar-refractivity contribution in [2.75, 3.05) is 4.90 Å². The number of halogens is 2. The van der Waals surface area contributed by atoms with Crippen LogP contribution in [0.15, 0.2) is 89.4 Å². The number of alkyl halides is 1. The lowest BCUT2D eigenvalue weighted by molar-refractivity contribution is -0.0986. The Morgan fingerprint density at radius 1 is 0.903 bits per heavy atom. The van der Waals surface area contributed by atoms with Crippen LogP contribution >= 0.6 is 31.9 Å². The highest BCUT2D eigenvalue weighted by molar-refractivity contribution is 9.10. The third kappa shape index (κ3) is 3.81. The third-order valence-electron chi connectivity index (χ3n) is 5.91. The minimum Gasteiger partial charge on any atom is -0.365 e. The standard InChI is InChI=1S/C25H24Br2N2O2/c1-17(26)18(2)29-24(30)28(22-15-13-21(27)14-16-22)23(19-9-5-3-6-10-19)25(29,31)20-11-7-4-8-12-20/h3-18,23,31H,1-2H3/t17-,18?,23?,25?/m1/s1. The van der Waals surface area contributed by atoms with Gasteiger partial charge in [-0.05, 0) is 36.8 Å². The Labute approximate surface area is 199 Å². The first-order valence-corrected chi connectivity index (χ1v) is 11.9. The largest absolute Gasteiger partial charge is 0.365 e. The van der Waals surface area contributed by atoms with Gasteiger partial charge in [0.05, 0.1) is 0 Å². The molecule has 0 aliphatic carbocycles. The lowest BCUT2D eigenvalue weighted by Gasteiger charge is -2.41. The first kappa shape index (κ1) is 22.1. The summed E-state index contributed by atoms with van der Waals surface area (Å²) in [4.78, 5) is 17.3. The molecule has 3 aromatic carbocycles. The number of nitrogens with zero attached hydrogens (tertiary/aromatic N) is 2. The number of carbonyl (C=O) groups is 1.